The lowest BCUT2D eigenvalue weighted by atomic mass is 10.1. The van der Waals surface area contributed by atoms with Crippen LogP contribution in [0.15, 0.2) is 36.5 Å². The van der Waals surface area contributed by atoms with E-state index in [0.29, 0.717) is 0 Å². The molecule has 0 amide bonds. The number of pyridine rings is 1. The Hall–Kier alpha value is -1.65. The number of hydrogen-bond donors (Lipinski definition) is 2. The van der Waals surface area contributed by atoms with Crippen LogP contribution < -0.4 is 10.2 Å². The smallest absolute Gasteiger partial charge is 0.0727 e. The second kappa shape index (κ2) is 5.15. The number of nitrogens with zero attached hydrogens (tertiary/aromatic N) is 2. The first-order valence-corrected chi connectivity index (χ1v) is 6.76. The molecule has 2 N–H and O–H groups in total. The maximum Gasteiger partial charge on any atom is 0.0727 e. The maximum atomic E-state index is 9.98. The first kappa shape index (κ1) is 12.4. The van der Waals surface area contributed by atoms with Crippen molar-refractivity contribution in [2.45, 2.75) is 19.1 Å². The number of hydrogen-bond acceptors (Lipinski definition) is 4. The van der Waals surface area contributed by atoms with Gasteiger partial charge in [-0.25, -0.2) is 0 Å². The number of rotatable bonds is 2. The lowest BCUT2D eigenvalue weighted by Crippen LogP contribution is -2.56. The van der Waals surface area contributed by atoms with Gasteiger partial charge in [-0.1, -0.05) is 18.2 Å². The number of aromatic nitrogens is 1. The van der Waals surface area contributed by atoms with E-state index in [0.717, 1.165) is 36.2 Å². The van der Waals surface area contributed by atoms with E-state index in [2.05, 4.69) is 21.3 Å². The summed E-state index contributed by atoms with van der Waals surface area (Å²) in [7, 11) is 0. The van der Waals surface area contributed by atoms with Crippen molar-refractivity contribution in [1.82, 2.24) is 10.3 Å². The molecule has 100 valence electrons. The summed E-state index contributed by atoms with van der Waals surface area (Å²) in [6.07, 6.45) is 1.48. The highest BCUT2D eigenvalue weighted by atomic mass is 16.3. The van der Waals surface area contributed by atoms with Crippen LogP contribution in [0.4, 0.5) is 5.69 Å². The SMILES string of the molecule is CC(O)C1CNCCN1c1ccnc2ccccc12. The van der Waals surface area contributed by atoms with Gasteiger partial charge < -0.3 is 15.3 Å². The van der Waals surface area contributed by atoms with Gasteiger partial charge in [-0.05, 0) is 19.1 Å². The van der Waals surface area contributed by atoms with Crippen LogP contribution in [-0.2, 0) is 0 Å². The van der Waals surface area contributed by atoms with E-state index in [1.54, 1.807) is 0 Å². The molecule has 1 aromatic carbocycles. The maximum absolute atomic E-state index is 9.98. The predicted molar refractivity (Wildman–Crippen MR) is 77.4 cm³/mol. The highest BCUT2D eigenvalue weighted by Crippen LogP contribution is 2.28. The average Bonchev–Trinajstić information content (AvgIpc) is 2.46. The lowest BCUT2D eigenvalue weighted by Gasteiger charge is -2.40. The molecule has 3 rings (SSSR count). The normalized spacial score (nSPS) is 21.6. The third kappa shape index (κ3) is 2.29. The minimum absolute atomic E-state index is 0.111. The van der Waals surface area contributed by atoms with Gasteiger partial charge in [0.05, 0.1) is 17.7 Å². The molecule has 2 heterocycles. The molecule has 4 heteroatoms. The van der Waals surface area contributed by atoms with Gasteiger partial charge in [0.15, 0.2) is 0 Å². The van der Waals surface area contributed by atoms with Crippen molar-refractivity contribution in [1.29, 1.82) is 0 Å². The van der Waals surface area contributed by atoms with E-state index in [9.17, 15) is 5.11 Å². The van der Waals surface area contributed by atoms with Gasteiger partial charge in [-0.15, -0.1) is 0 Å². The summed E-state index contributed by atoms with van der Waals surface area (Å²) in [5.74, 6) is 0. The number of anilines is 1. The third-order valence-corrected chi connectivity index (χ3v) is 3.78. The first-order valence-electron chi connectivity index (χ1n) is 6.76. The summed E-state index contributed by atoms with van der Waals surface area (Å²) in [4.78, 5) is 6.70. The van der Waals surface area contributed by atoms with Crippen molar-refractivity contribution < 1.29 is 5.11 Å². The standard InChI is InChI=1S/C15H19N3O/c1-11(19)15-10-16-8-9-18(15)14-6-7-17-13-5-3-2-4-12(13)14/h2-7,11,15-16,19H,8-10H2,1H3. The molecule has 2 aromatic rings. The molecule has 0 bridgehead atoms. The summed E-state index contributed by atoms with van der Waals surface area (Å²) in [6, 6.07) is 10.3. The molecule has 0 aliphatic carbocycles. The quantitative estimate of drug-likeness (QED) is 0.853. The predicted octanol–water partition coefficient (Wildman–Crippen LogP) is 1.39. The van der Waals surface area contributed by atoms with E-state index < -0.39 is 0 Å². The Labute approximate surface area is 113 Å². The van der Waals surface area contributed by atoms with Gasteiger partial charge in [-0.3, -0.25) is 4.98 Å². The van der Waals surface area contributed by atoms with Gasteiger partial charge >= 0.3 is 0 Å². The Morgan fingerprint density at radius 3 is 3.05 bits per heavy atom. The Bertz CT molecular complexity index is 565. The van der Waals surface area contributed by atoms with Gasteiger partial charge in [0, 0.05) is 36.9 Å². The van der Waals surface area contributed by atoms with Crippen LogP contribution in [0.2, 0.25) is 0 Å². The topological polar surface area (TPSA) is 48.4 Å². The monoisotopic (exact) mass is 257 g/mol. The highest BCUT2D eigenvalue weighted by Gasteiger charge is 2.27. The summed E-state index contributed by atoms with van der Waals surface area (Å²) < 4.78 is 0. The van der Waals surface area contributed by atoms with Crippen LogP contribution in [0.1, 0.15) is 6.92 Å². The van der Waals surface area contributed by atoms with E-state index in [-0.39, 0.29) is 12.1 Å². The van der Waals surface area contributed by atoms with Crippen LogP contribution in [0.25, 0.3) is 10.9 Å². The van der Waals surface area contributed by atoms with Crippen molar-refractivity contribution in [3.8, 4) is 0 Å². The number of piperazine rings is 1. The molecule has 19 heavy (non-hydrogen) atoms. The van der Waals surface area contributed by atoms with E-state index in [4.69, 9.17) is 0 Å². The summed E-state index contributed by atoms with van der Waals surface area (Å²) in [5.41, 5.74) is 2.17. The van der Waals surface area contributed by atoms with E-state index >= 15 is 0 Å². The molecule has 2 atom stereocenters. The fourth-order valence-electron chi connectivity index (χ4n) is 2.79. The second-order valence-corrected chi connectivity index (χ2v) is 5.05. The lowest BCUT2D eigenvalue weighted by molar-refractivity contribution is 0.151. The summed E-state index contributed by atoms with van der Waals surface area (Å²) >= 11 is 0. The Morgan fingerprint density at radius 2 is 2.21 bits per heavy atom. The fraction of sp³-hybridized carbons (Fsp3) is 0.400. The van der Waals surface area contributed by atoms with Gasteiger partial charge in [0.2, 0.25) is 0 Å². The van der Waals surface area contributed by atoms with Crippen molar-refractivity contribution in [2.75, 3.05) is 24.5 Å². The van der Waals surface area contributed by atoms with E-state index in [1.807, 2.05) is 37.4 Å². The number of para-hydroxylation sites is 1. The van der Waals surface area contributed by atoms with Crippen molar-refractivity contribution in [3.63, 3.8) is 0 Å². The van der Waals surface area contributed by atoms with Crippen molar-refractivity contribution >= 4 is 16.6 Å². The van der Waals surface area contributed by atoms with Crippen LogP contribution in [0.5, 0.6) is 0 Å². The first-order chi connectivity index (χ1) is 9.27. The number of fused-ring (bicyclic) bond motifs is 1. The molecule has 1 fully saturated rings. The largest absolute Gasteiger partial charge is 0.391 e. The van der Waals surface area contributed by atoms with E-state index in [1.165, 1.54) is 0 Å². The zero-order valence-electron chi connectivity index (χ0n) is 11.1. The Balaban J connectivity index is 2.07. The summed E-state index contributed by atoms with van der Waals surface area (Å²) in [5, 5.41) is 14.5. The van der Waals surface area contributed by atoms with Crippen LogP contribution >= 0.6 is 0 Å². The summed E-state index contributed by atoms with van der Waals surface area (Å²) in [6.45, 7) is 4.52. The second-order valence-electron chi connectivity index (χ2n) is 5.05. The highest BCUT2D eigenvalue weighted by molar-refractivity contribution is 5.91. The number of nitrogens with one attached hydrogen (secondary N) is 1. The zero-order valence-corrected chi connectivity index (χ0v) is 11.1. The van der Waals surface area contributed by atoms with Crippen molar-refractivity contribution in [2.24, 2.45) is 0 Å². The van der Waals surface area contributed by atoms with Gasteiger partial charge in [-0.2, -0.15) is 0 Å². The number of aliphatic hydroxyl groups is 1. The molecule has 0 spiro atoms. The molecule has 0 radical (unpaired) electrons. The molecule has 2 unspecified atom stereocenters. The minimum Gasteiger partial charge on any atom is -0.391 e. The molecule has 1 aromatic heterocycles. The zero-order chi connectivity index (χ0) is 13.2. The molecule has 1 aliphatic rings. The number of aliphatic hydroxyl groups excluding tert-OH is 1. The molecule has 1 aliphatic heterocycles. The molecular weight excluding hydrogens is 238 g/mol. The van der Waals surface area contributed by atoms with Crippen molar-refractivity contribution in [3.05, 3.63) is 36.5 Å². The minimum atomic E-state index is -0.361. The molecule has 1 saturated heterocycles. The Morgan fingerprint density at radius 1 is 1.37 bits per heavy atom. The van der Waals surface area contributed by atoms with Gasteiger partial charge in [0.25, 0.3) is 0 Å². The molecule has 0 saturated carbocycles. The Kier molecular flexibility index (Phi) is 3.36. The van der Waals surface area contributed by atoms with Crippen LogP contribution in [-0.4, -0.2) is 41.9 Å². The average molecular weight is 257 g/mol. The fourth-order valence-corrected chi connectivity index (χ4v) is 2.79. The van der Waals surface area contributed by atoms with Crippen LogP contribution in [0, 0.1) is 0 Å². The van der Waals surface area contributed by atoms with Gasteiger partial charge in [0.1, 0.15) is 0 Å². The third-order valence-electron chi connectivity index (χ3n) is 3.78. The molecule has 4 nitrogen and oxygen atoms in total. The number of benzene rings is 1. The van der Waals surface area contributed by atoms with Crippen LogP contribution in [0.3, 0.4) is 0 Å². The molecular formula is C15H19N3O.